The molecule has 0 atom stereocenters. The van der Waals surface area contributed by atoms with E-state index in [1.807, 2.05) is 12.1 Å². The third kappa shape index (κ3) is 4.29. The van der Waals surface area contributed by atoms with Crippen LogP contribution < -0.4 is 15.0 Å². The van der Waals surface area contributed by atoms with Crippen LogP contribution in [-0.2, 0) is 16.0 Å². The first kappa shape index (κ1) is 20.1. The average Bonchev–Trinajstić information content (AvgIpc) is 2.75. The lowest BCUT2D eigenvalue weighted by molar-refractivity contribution is -0.384. The summed E-state index contributed by atoms with van der Waals surface area (Å²) in [6, 6.07) is 9.31. The quantitative estimate of drug-likeness (QED) is 0.452. The largest absolute Gasteiger partial charge is 0.497 e. The molecule has 29 heavy (non-hydrogen) atoms. The zero-order valence-corrected chi connectivity index (χ0v) is 16.1. The number of nitro benzene ring substituents is 1. The highest BCUT2D eigenvalue weighted by atomic mass is 16.6. The van der Waals surface area contributed by atoms with Gasteiger partial charge >= 0.3 is 5.97 Å². The van der Waals surface area contributed by atoms with Crippen LogP contribution in [0, 0.1) is 10.1 Å². The molecule has 1 aliphatic rings. The first-order valence-electron chi connectivity index (χ1n) is 9.05. The van der Waals surface area contributed by atoms with E-state index in [0.717, 1.165) is 35.9 Å². The molecule has 1 aliphatic heterocycles. The number of aryl methyl sites for hydroxylation is 1. The van der Waals surface area contributed by atoms with Crippen LogP contribution in [0.4, 0.5) is 17.1 Å². The van der Waals surface area contributed by atoms with Gasteiger partial charge in [0.05, 0.1) is 17.6 Å². The van der Waals surface area contributed by atoms with Gasteiger partial charge in [-0.15, -0.1) is 0 Å². The maximum Gasteiger partial charge on any atom is 0.341 e. The van der Waals surface area contributed by atoms with Crippen molar-refractivity contribution in [3.63, 3.8) is 0 Å². The molecule has 1 N–H and O–H groups in total. The Hall–Kier alpha value is -3.62. The Morgan fingerprint density at radius 1 is 1.24 bits per heavy atom. The number of hydrogen-bond acceptors (Lipinski definition) is 7. The number of esters is 1. The summed E-state index contributed by atoms with van der Waals surface area (Å²) >= 11 is 0. The van der Waals surface area contributed by atoms with E-state index in [1.165, 1.54) is 12.1 Å². The summed E-state index contributed by atoms with van der Waals surface area (Å²) in [5.74, 6) is -0.450. The number of anilines is 2. The SMILES string of the molecule is CNc1ccc([N+](=O)[O-])cc1C(=O)OCC(=O)N1CCCc2cc(OC)ccc21. The average molecular weight is 399 g/mol. The predicted molar refractivity (Wildman–Crippen MR) is 107 cm³/mol. The maximum absolute atomic E-state index is 12.7. The molecule has 0 bridgehead atoms. The molecule has 9 nitrogen and oxygen atoms in total. The molecule has 2 aromatic carbocycles. The summed E-state index contributed by atoms with van der Waals surface area (Å²) in [5, 5.41) is 13.8. The van der Waals surface area contributed by atoms with Crippen molar-refractivity contribution in [2.75, 3.05) is 37.5 Å². The van der Waals surface area contributed by atoms with E-state index in [9.17, 15) is 19.7 Å². The van der Waals surface area contributed by atoms with Gasteiger partial charge in [-0.05, 0) is 42.7 Å². The number of nitro groups is 1. The number of fused-ring (bicyclic) bond motifs is 1. The number of carbonyl (C=O) groups excluding carboxylic acids is 2. The number of methoxy groups -OCH3 is 1. The van der Waals surface area contributed by atoms with Crippen molar-refractivity contribution in [3.05, 3.63) is 57.6 Å². The molecule has 3 rings (SSSR count). The number of amides is 1. The van der Waals surface area contributed by atoms with Crippen molar-refractivity contribution >= 4 is 28.9 Å². The minimum Gasteiger partial charge on any atom is -0.497 e. The van der Waals surface area contributed by atoms with Gasteiger partial charge in [0.2, 0.25) is 0 Å². The van der Waals surface area contributed by atoms with Crippen LogP contribution in [0.5, 0.6) is 5.75 Å². The van der Waals surface area contributed by atoms with Crippen molar-refractivity contribution in [1.82, 2.24) is 0 Å². The standard InChI is InChI=1S/C20H21N3O6/c1-21-17-7-5-14(23(26)27)11-16(17)20(25)29-12-19(24)22-9-3-4-13-10-15(28-2)6-8-18(13)22/h5-8,10-11,21H,3-4,9,12H2,1-2H3. The molecule has 0 spiro atoms. The Labute approximate surface area is 167 Å². The van der Waals surface area contributed by atoms with Crippen LogP contribution >= 0.6 is 0 Å². The summed E-state index contributed by atoms with van der Waals surface area (Å²) in [6.07, 6.45) is 1.62. The number of nitrogens with one attached hydrogen (secondary N) is 1. The van der Waals surface area contributed by atoms with E-state index in [-0.39, 0.29) is 17.2 Å². The van der Waals surface area contributed by atoms with Crippen LogP contribution in [0.3, 0.4) is 0 Å². The maximum atomic E-state index is 12.7. The number of non-ortho nitro benzene ring substituents is 1. The Bertz CT molecular complexity index is 959. The number of benzene rings is 2. The van der Waals surface area contributed by atoms with E-state index in [2.05, 4.69) is 5.32 Å². The predicted octanol–water partition coefficient (Wildman–Crippen LogP) is 2.78. The Morgan fingerprint density at radius 2 is 2.03 bits per heavy atom. The summed E-state index contributed by atoms with van der Waals surface area (Å²) in [6.45, 7) is 0.0600. The lowest BCUT2D eigenvalue weighted by Gasteiger charge is -2.29. The molecule has 0 saturated carbocycles. The molecule has 0 fully saturated rings. The Kier molecular flexibility index (Phi) is 5.96. The Morgan fingerprint density at radius 3 is 2.72 bits per heavy atom. The van der Waals surface area contributed by atoms with Crippen molar-refractivity contribution in [1.29, 1.82) is 0 Å². The molecular formula is C20H21N3O6. The molecule has 9 heteroatoms. The number of rotatable bonds is 6. The second-order valence-corrected chi connectivity index (χ2v) is 6.46. The van der Waals surface area contributed by atoms with Gasteiger partial charge in [0.1, 0.15) is 5.75 Å². The van der Waals surface area contributed by atoms with E-state index in [4.69, 9.17) is 9.47 Å². The van der Waals surface area contributed by atoms with Crippen molar-refractivity contribution < 1.29 is 24.0 Å². The normalized spacial score (nSPS) is 12.7. The molecule has 0 radical (unpaired) electrons. The molecule has 1 heterocycles. The minimum atomic E-state index is -0.807. The van der Waals surface area contributed by atoms with Crippen molar-refractivity contribution in [2.24, 2.45) is 0 Å². The highest BCUT2D eigenvalue weighted by Crippen LogP contribution is 2.30. The number of hydrogen-bond donors (Lipinski definition) is 1. The zero-order valence-electron chi connectivity index (χ0n) is 16.1. The molecule has 0 unspecified atom stereocenters. The van der Waals surface area contributed by atoms with Gasteiger partial charge in [-0.3, -0.25) is 14.9 Å². The molecule has 0 aliphatic carbocycles. The van der Waals surface area contributed by atoms with Crippen LogP contribution in [-0.4, -0.2) is 44.1 Å². The topological polar surface area (TPSA) is 111 Å². The van der Waals surface area contributed by atoms with Crippen LogP contribution in [0.1, 0.15) is 22.3 Å². The molecule has 1 amide bonds. The molecule has 0 aromatic heterocycles. The summed E-state index contributed by atoms with van der Waals surface area (Å²) < 4.78 is 10.4. The van der Waals surface area contributed by atoms with Crippen LogP contribution in [0.15, 0.2) is 36.4 Å². The third-order valence-electron chi connectivity index (χ3n) is 4.74. The van der Waals surface area contributed by atoms with Gasteiger partial charge in [-0.1, -0.05) is 0 Å². The summed E-state index contributed by atoms with van der Waals surface area (Å²) in [4.78, 5) is 37.1. The van der Waals surface area contributed by atoms with Crippen molar-refractivity contribution in [3.8, 4) is 5.75 Å². The second-order valence-electron chi connectivity index (χ2n) is 6.46. The fourth-order valence-electron chi connectivity index (χ4n) is 3.28. The molecule has 2 aromatic rings. The second kappa shape index (κ2) is 8.59. The van der Waals surface area contributed by atoms with Crippen LogP contribution in [0.2, 0.25) is 0 Å². The van der Waals surface area contributed by atoms with E-state index in [0.29, 0.717) is 12.2 Å². The number of ether oxygens (including phenoxy) is 2. The lowest BCUT2D eigenvalue weighted by atomic mass is 10.0. The zero-order chi connectivity index (χ0) is 21.0. The van der Waals surface area contributed by atoms with Gasteiger partial charge in [-0.25, -0.2) is 4.79 Å². The molecule has 0 saturated heterocycles. The molecule has 152 valence electrons. The van der Waals surface area contributed by atoms with E-state index >= 15 is 0 Å². The van der Waals surface area contributed by atoms with Gasteiger partial charge < -0.3 is 19.7 Å². The smallest absolute Gasteiger partial charge is 0.341 e. The fourth-order valence-corrected chi connectivity index (χ4v) is 3.28. The minimum absolute atomic E-state index is 0.00159. The van der Waals surface area contributed by atoms with E-state index < -0.39 is 17.5 Å². The highest BCUT2D eigenvalue weighted by molar-refractivity contribution is 6.00. The van der Waals surface area contributed by atoms with Crippen molar-refractivity contribution in [2.45, 2.75) is 12.8 Å². The van der Waals surface area contributed by atoms with Crippen LogP contribution in [0.25, 0.3) is 0 Å². The third-order valence-corrected chi connectivity index (χ3v) is 4.74. The fraction of sp³-hybridized carbons (Fsp3) is 0.300. The summed E-state index contributed by atoms with van der Waals surface area (Å²) in [7, 11) is 3.17. The highest BCUT2D eigenvalue weighted by Gasteiger charge is 2.25. The first-order chi connectivity index (χ1) is 13.9. The number of nitrogens with zero attached hydrogens (tertiary/aromatic N) is 2. The van der Waals surface area contributed by atoms with E-state index in [1.54, 1.807) is 25.1 Å². The first-order valence-corrected chi connectivity index (χ1v) is 9.05. The monoisotopic (exact) mass is 399 g/mol. The van der Waals surface area contributed by atoms with Gasteiger partial charge in [0, 0.05) is 37.1 Å². The van der Waals surface area contributed by atoms with Gasteiger partial charge in [0.15, 0.2) is 6.61 Å². The Balaban J connectivity index is 1.73. The number of carbonyl (C=O) groups is 2. The lowest BCUT2D eigenvalue weighted by Crippen LogP contribution is -2.38. The molecular weight excluding hydrogens is 378 g/mol. The van der Waals surface area contributed by atoms with Gasteiger partial charge in [-0.2, -0.15) is 0 Å². The summed E-state index contributed by atoms with van der Waals surface area (Å²) in [5.41, 5.74) is 1.90. The van der Waals surface area contributed by atoms with Gasteiger partial charge in [0.25, 0.3) is 11.6 Å².